The number of hydrogen-bond donors (Lipinski definition) is 1. The molecule has 1 aliphatic carbocycles. The van der Waals surface area contributed by atoms with Crippen molar-refractivity contribution in [2.45, 2.75) is 31.1 Å². The average molecular weight is 216 g/mol. The van der Waals surface area contributed by atoms with Crippen LogP contribution in [-0.4, -0.2) is 20.1 Å². The van der Waals surface area contributed by atoms with Gasteiger partial charge in [0.05, 0.1) is 0 Å². The standard InChI is InChI=1S/C14H20N2/c1-16-9-4-11-10-12(2-3-13(11)16)14(5-6-14)7-8-15/h2-3,10H,4-9,15H2,1H3. The van der Waals surface area contributed by atoms with Crippen LogP contribution in [0.3, 0.4) is 0 Å². The summed E-state index contributed by atoms with van der Waals surface area (Å²) in [6.45, 7) is 1.99. The third-order valence-electron chi connectivity index (χ3n) is 4.30. The molecule has 0 aromatic heterocycles. The largest absolute Gasteiger partial charge is 0.374 e. The Labute approximate surface area is 97.4 Å². The Bertz CT molecular complexity index is 407. The second-order valence-corrected chi connectivity index (χ2v) is 5.33. The lowest BCUT2D eigenvalue weighted by atomic mass is 9.90. The highest BCUT2D eigenvalue weighted by molar-refractivity contribution is 5.59. The molecule has 2 nitrogen and oxygen atoms in total. The molecular weight excluding hydrogens is 196 g/mol. The summed E-state index contributed by atoms with van der Waals surface area (Å²) < 4.78 is 0. The van der Waals surface area contributed by atoms with Crippen molar-refractivity contribution in [2.75, 3.05) is 25.0 Å². The predicted octanol–water partition coefficient (Wildman–Crippen LogP) is 2.06. The first-order chi connectivity index (χ1) is 7.75. The number of nitrogens with two attached hydrogens (primary N) is 1. The Kier molecular flexibility index (Phi) is 2.21. The van der Waals surface area contributed by atoms with Gasteiger partial charge >= 0.3 is 0 Å². The van der Waals surface area contributed by atoms with E-state index in [0.29, 0.717) is 5.41 Å². The number of rotatable bonds is 3. The molecule has 0 unspecified atom stereocenters. The summed E-state index contributed by atoms with van der Waals surface area (Å²) >= 11 is 0. The number of likely N-dealkylation sites (N-methyl/N-ethyl adjacent to an activating group) is 1. The Balaban J connectivity index is 1.93. The molecule has 1 fully saturated rings. The molecule has 2 heteroatoms. The lowest BCUT2D eigenvalue weighted by molar-refractivity contribution is 0.628. The van der Waals surface area contributed by atoms with Gasteiger partial charge in [-0.05, 0) is 54.8 Å². The minimum atomic E-state index is 0.449. The molecular formula is C14H20N2. The van der Waals surface area contributed by atoms with Gasteiger partial charge in [-0.2, -0.15) is 0 Å². The molecule has 0 saturated heterocycles. The Morgan fingerprint density at radius 1 is 1.38 bits per heavy atom. The van der Waals surface area contributed by atoms with Crippen LogP contribution in [0.4, 0.5) is 5.69 Å². The molecule has 2 N–H and O–H groups in total. The van der Waals surface area contributed by atoms with Crippen molar-refractivity contribution in [3.05, 3.63) is 29.3 Å². The zero-order valence-electron chi connectivity index (χ0n) is 10.00. The summed E-state index contributed by atoms with van der Waals surface area (Å²) in [4.78, 5) is 2.35. The van der Waals surface area contributed by atoms with E-state index in [9.17, 15) is 0 Å². The van der Waals surface area contributed by atoms with Crippen LogP contribution in [0.25, 0.3) is 0 Å². The lowest BCUT2D eigenvalue weighted by Crippen LogP contribution is -2.14. The van der Waals surface area contributed by atoms with Gasteiger partial charge in [0.1, 0.15) is 0 Å². The van der Waals surface area contributed by atoms with Crippen LogP contribution < -0.4 is 10.6 Å². The molecule has 1 aromatic rings. The minimum absolute atomic E-state index is 0.449. The molecule has 1 heterocycles. The third kappa shape index (κ3) is 1.44. The summed E-state index contributed by atoms with van der Waals surface area (Å²) in [5.74, 6) is 0. The molecule has 2 aliphatic rings. The van der Waals surface area contributed by atoms with E-state index >= 15 is 0 Å². The van der Waals surface area contributed by atoms with Crippen LogP contribution >= 0.6 is 0 Å². The normalized spacial score (nSPS) is 21.0. The molecule has 1 saturated carbocycles. The highest BCUT2D eigenvalue weighted by Crippen LogP contribution is 2.51. The van der Waals surface area contributed by atoms with Crippen LogP contribution in [0.15, 0.2) is 18.2 Å². The monoisotopic (exact) mass is 216 g/mol. The van der Waals surface area contributed by atoms with E-state index in [4.69, 9.17) is 5.73 Å². The summed E-state index contributed by atoms with van der Waals surface area (Å²) in [6.07, 6.45) is 5.03. The number of anilines is 1. The highest BCUT2D eigenvalue weighted by atomic mass is 15.1. The minimum Gasteiger partial charge on any atom is -0.374 e. The maximum atomic E-state index is 5.72. The van der Waals surface area contributed by atoms with E-state index in [1.165, 1.54) is 42.6 Å². The topological polar surface area (TPSA) is 29.3 Å². The van der Waals surface area contributed by atoms with Gasteiger partial charge in [0.15, 0.2) is 0 Å². The van der Waals surface area contributed by atoms with Gasteiger partial charge in [-0.15, -0.1) is 0 Å². The highest BCUT2D eigenvalue weighted by Gasteiger charge is 2.43. The second-order valence-electron chi connectivity index (χ2n) is 5.33. The molecule has 86 valence electrons. The van der Waals surface area contributed by atoms with Gasteiger partial charge in [-0.25, -0.2) is 0 Å². The molecule has 0 atom stereocenters. The lowest BCUT2D eigenvalue weighted by Gasteiger charge is -2.17. The zero-order chi connectivity index (χ0) is 11.2. The predicted molar refractivity (Wildman–Crippen MR) is 68.0 cm³/mol. The number of fused-ring (bicyclic) bond motifs is 1. The van der Waals surface area contributed by atoms with Crippen LogP contribution in [0.1, 0.15) is 30.4 Å². The van der Waals surface area contributed by atoms with Crippen LogP contribution in [0.2, 0.25) is 0 Å². The quantitative estimate of drug-likeness (QED) is 0.838. The van der Waals surface area contributed by atoms with E-state index in [1.54, 1.807) is 0 Å². The van der Waals surface area contributed by atoms with Crippen molar-refractivity contribution in [3.8, 4) is 0 Å². The fraction of sp³-hybridized carbons (Fsp3) is 0.571. The van der Waals surface area contributed by atoms with Crippen molar-refractivity contribution in [3.63, 3.8) is 0 Å². The zero-order valence-corrected chi connectivity index (χ0v) is 10.00. The van der Waals surface area contributed by atoms with E-state index in [0.717, 1.165) is 13.0 Å². The SMILES string of the molecule is CN1CCc2cc(C3(CCN)CC3)ccc21. The maximum Gasteiger partial charge on any atom is 0.0397 e. The smallest absolute Gasteiger partial charge is 0.0397 e. The Hall–Kier alpha value is -1.02. The number of benzene rings is 1. The molecule has 0 amide bonds. The van der Waals surface area contributed by atoms with Gasteiger partial charge in [-0.1, -0.05) is 12.1 Å². The Morgan fingerprint density at radius 3 is 2.88 bits per heavy atom. The van der Waals surface area contributed by atoms with Crippen LogP contribution in [-0.2, 0) is 11.8 Å². The summed E-state index contributed by atoms with van der Waals surface area (Å²) in [5.41, 5.74) is 10.7. The fourth-order valence-corrected chi connectivity index (χ4v) is 3.01. The first-order valence-corrected chi connectivity index (χ1v) is 6.30. The summed E-state index contributed by atoms with van der Waals surface area (Å²) in [5, 5.41) is 0. The number of nitrogens with zero attached hydrogens (tertiary/aromatic N) is 1. The molecule has 0 spiro atoms. The van der Waals surface area contributed by atoms with E-state index in [-0.39, 0.29) is 0 Å². The average Bonchev–Trinajstić information content (AvgIpc) is 2.99. The fourth-order valence-electron chi connectivity index (χ4n) is 3.01. The van der Waals surface area contributed by atoms with Crippen molar-refractivity contribution in [1.29, 1.82) is 0 Å². The third-order valence-corrected chi connectivity index (χ3v) is 4.30. The van der Waals surface area contributed by atoms with E-state index in [2.05, 4.69) is 30.1 Å². The molecule has 1 aromatic carbocycles. The molecule has 16 heavy (non-hydrogen) atoms. The van der Waals surface area contributed by atoms with E-state index < -0.39 is 0 Å². The second kappa shape index (κ2) is 3.49. The van der Waals surface area contributed by atoms with Crippen molar-refractivity contribution < 1.29 is 0 Å². The maximum absolute atomic E-state index is 5.72. The number of hydrogen-bond acceptors (Lipinski definition) is 2. The molecule has 1 aliphatic heterocycles. The van der Waals surface area contributed by atoms with Crippen LogP contribution in [0, 0.1) is 0 Å². The van der Waals surface area contributed by atoms with Crippen molar-refractivity contribution in [1.82, 2.24) is 0 Å². The molecule has 0 radical (unpaired) electrons. The van der Waals surface area contributed by atoms with Gasteiger partial charge in [0.2, 0.25) is 0 Å². The van der Waals surface area contributed by atoms with E-state index in [1.807, 2.05) is 0 Å². The summed E-state index contributed by atoms with van der Waals surface area (Å²) in [7, 11) is 2.18. The summed E-state index contributed by atoms with van der Waals surface area (Å²) in [6, 6.07) is 7.05. The van der Waals surface area contributed by atoms with Gasteiger partial charge in [0, 0.05) is 19.3 Å². The first kappa shape index (κ1) is 10.2. The van der Waals surface area contributed by atoms with Gasteiger partial charge < -0.3 is 10.6 Å². The van der Waals surface area contributed by atoms with Gasteiger partial charge in [-0.3, -0.25) is 0 Å². The van der Waals surface area contributed by atoms with Crippen LogP contribution in [0.5, 0.6) is 0 Å². The van der Waals surface area contributed by atoms with Crippen molar-refractivity contribution in [2.24, 2.45) is 5.73 Å². The molecule has 3 rings (SSSR count). The van der Waals surface area contributed by atoms with Gasteiger partial charge in [0.25, 0.3) is 0 Å². The molecule has 0 bridgehead atoms. The first-order valence-electron chi connectivity index (χ1n) is 6.30. The van der Waals surface area contributed by atoms with Crippen molar-refractivity contribution >= 4 is 5.69 Å². The Morgan fingerprint density at radius 2 is 2.19 bits per heavy atom.